The maximum Gasteiger partial charge on any atom is 0.163 e. The van der Waals surface area contributed by atoms with Crippen LogP contribution in [0.1, 0.15) is 16.8 Å². The number of nitrogens with two attached hydrogens (primary N) is 1. The van der Waals surface area contributed by atoms with Crippen LogP contribution in [0.15, 0.2) is 12.1 Å². The molecular weight excluding hydrogens is 228 g/mol. The van der Waals surface area contributed by atoms with Crippen LogP contribution in [0.5, 0.6) is 11.5 Å². The van der Waals surface area contributed by atoms with Gasteiger partial charge in [-0.05, 0) is 31.0 Å². The number of ether oxygens (including phenoxy) is 2. The Hall–Kier alpha value is -1.81. The van der Waals surface area contributed by atoms with Crippen molar-refractivity contribution in [2.24, 2.45) is 5.73 Å². The molecule has 18 heavy (non-hydrogen) atoms. The van der Waals surface area contributed by atoms with Crippen LogP contribution < -0.4 is 15.2 Å². The predicted molar refractivity (Wildman–Crippen MR) is 70.1 cm³/mol. The topological polar surface area (TPSA) is 57.4 Å². The Morgan fingerprint density at radius 1 is 1.17 bits per heavy atom. The molecule has 0 saturated carbocycles. The predicted octanol–water partition coefficient (Wildman–Crippen LogP) is 2.08. The summed E-state index contributed by atoms with van der Waals surface area (Å²) in [6.07, 6.45) is 0. The lowest BCUT2D eigenvalue weighted by Gasteiger charge is -2.20. The molecule has 0 fully saturated rings. The Balaban J connectivity index is 2.33. The number of aromatic nitrogens is 1. The lowest BCUT2D eigenvalue weighted by atomic mass is 10.0. The fourth-order valence-corrected chi connectivity index (χ4v) is 2.36. The van der Waals surface area contributed by atoms with Gasteiger partial charge < -0.3 is 15.2 Å². The second kappa shape index (κ2) is 4.14. The molecule has 1 aromatic carbocycles. The first-order valence-corrected chi connectivity index (χ1v) is 6.10. The van der Waals surface area contributed by atoms with Gasteiger partial charge in [-0.2, -0.15) is 0 Å². The van der Waals surface area contributed by atoms with Gasteiger partial charge in [-0.3, -0.25) is 4.98 Å². The third-order valence-electron chi connectivity index (χ3n) is 3.47. The van der Waals surface area contributed by atoms with E-state index in [-0.39, 0.29) is 0 Å². The van der Waals surface area contributed by atoms with E-state index in [9.17, 15) is 0 Å². The van der Waals surface area contributed by atoms with Crippen molar-refractivity contribution in [3.8, 4) is 11.5 Å². The minimum absolute atomic E-state index is 0.505. The van der Waals surface area contributed by atoms with Gasteiger partial charge in [0.05, 0.1) is 5.52 Å². The molecule has 4 nitrogen and oxygen atoms in total. The monoisotopic (exact) mass is 244 g/mol. The van der Waals surface area contributed by atoms with Crippen molar-refractivity contribution in [2.45, 2.75) is 20.4 Å². The van der Waals surface area contributed by atoms with E-state index in [0.29, 0.717) is 19.8 Å². The molecule has 4 heteroatoms. The van der Waals surface area contributed by atoms with E-state index in [1.807, 2.05) is 19.1 Å². The summed E-state index contributed by atoms with van der Waals surface area (Å²) in [6.45, 7) is 5.75. The number of aryl methyl sites for hydroxylation is 1. The molecule has 2 heterocycles. The summed E-state index contributed by atoms with van der Waals surface area (Å²) in [5.41, 5.74) is 10.1. The summed E-state index contributed by atoms with van der Waals surface area (Å²) in [4.78, 5) is 4.60. The summed E-state index contributed by atoms with van der Waals surface area (Å²) in [6, 6.07) is 3.93. The fraction of sp³-hybridized carbons (Fsp3) is 0.357. The quantitative estimate of drug-likeness (QED) is 0.834. The summed E-state index contributed by atoms with van der Waals surface area (Å²) in [5.74, 6) is 1.56. The van der Waals surface area contributed by atoms with E-state index in [4.69, 9.17) is 15.2 Å². The molecule has 0 spiro atoms. The number of benzene rings is 1. The van der Waals surface area contributed by atoms with Crippen LogP contribution in [0.2, 0.25) is 0 Å². The highest BCUT2D eigenvalue weighted by Crippen LogP contribution is 2.36. The van der Waals surface area contributed by atoms with Gasteiger partial charge in [-0.15, -0.1) is 0 Å². The highest BCUT2D eigenvalue weighted by atomic mass is 16.6. The standard InChI is InChI=1S/C14H16N2O2/c1-8-9(2)16-12-6-14-13(17-3-4-18-14)5-10(12)11(8)7-15/h5-6H,3-4,7,15H2,1-2H3. The first-order chi connectivity index (χ1) is 8.70. The van der Waals surface area contributed by atoms with Gasteiger partial charge >= 0.3 is 0 Å². The molecule has 0 atom stereocenters. The lowest BCUT2D eigenvalue weighted by molar-refractivity contribution is 0.172. The molecule has 0 amide bonds. The van der Waals surface area contributed by atoms with Crippen molar-refractivity contribution < 1.29 is 9.47 Å². The second-order valence-electron chi connectivity index (χ2n) is 4.52. The molecule has 0 aliphatic carbocycles. The van der Waals surface area contributed by atoms with Crippen molar-refractivity contribution >= 4 is 10.9 Å². The summed E-state index contributed by atoms with van der Waals surface area (Å²) in [7, 11) is 0. The van der Waals surface area contributed by atoms with Crippen molar-refractivity contribution in [1.29, 1.82) is 0 Å². The van der Waals surface area contributed by atoms with Crippen molar-refractivity contribution in [3.63, 3.8) is 0 Å². The Kier molecular flexibility index (Phi) is 2.59. The highest BCUT2D eigenvalue weighted by Gasteiger charge is 2.16. The van der Waals surface area contributed by atoms with Crippen LogP contribution in [0, 0.1) is 13.8 Å². The van der Waals surface area contributed by atoms with Gasteiger partial charge in [0.2, 0.25) is 0 Å². The van der Waals surface area contributed by atoms with Crippen LogP contribution in [-0.2, 0) is 6.54 Å². The zero-order valence-electron chi connectivity index (χ0n) is 10.6. The minimum Gasteiger partial charge on any atom is -0.486 e. The van der Waals surface area contributed by atoms with E-state index >= 15 is 0 Å². The Morgan fingerprint density at radius 3 is 2.50 bits per heavy atom. The molecule has 1 aliphatic heterocycles. The molecule has 0 unspecified atom stereocenters. The highest BCUT2D eigenvalue weighted by molar-refractivity contribution is 5.87. The molecule has 2 N–H and O–H groups in total. The van der Waals surface area contributed by atoms with Crippen LogP contribution in [0.25, 0.3) is 10.9 Å². The maximum atomic E-state index is 5.86. The zero-order chi connectivity index (χ0) is 12.7. The summed E-state index contributed by atoms with van der Waals surface area (Å²) in [5, 5.41) is 1.06. The van der Waals surface area contributed by atoms with Gasteiger partial charge in [0.15, 0.2) is 11.5 Å². The average molecular weight is 244 g/mol. The number of pyridine rings is 1. The van der Waals surface area contributed by atoms with Gasteiger partial charge in [0.25, 0.3) is 0 Å². The average Bonchev–Trinajstić information content (AvgIpc) is 2.38. The van der Waals surface area contributed by atoms with Gasteiger partial charge in [-0.25, -0.2) is 0 Å². The summed E-state index contributed by atoms with van der Waals surface area (Å²) < 4.78 is 11.2. The number of rotatable bonds is 1. The third kappa shape index (κ3) is 1.61. The molecule has 0 bridgehead atoms. The molecular formula is C14H16N2O2. The Bertz CT molecular complexity index is 623. The van der Waals surface area contributed by atoms with Crippen molar-refractivity contribution in [2.75, 3.05) is 13.2 Å². The third-order valence-corrected chi connectivity index (χ3v) is 3.47. The maximum absolute atomic E-state index is 5.86. The van der Waals surface area contributed by atoms with Gasteiger partial charge in [-0.1, -0.05) is 0 Å². The second-order valence-corrected chi connectivity index (χ2v) is 4.52. The normalized spacial score (nSPS) is 13.9. The van der Waals surface area contributed by atoms with Crippen LogP contribution in [0.3, 0.4) is 0 Å². The van der Waals surface area contributed by atoms with E-state index < -0.39 is 0 Å². The van der Waals surface area contributed by atoms with Crippen LogP contribution in [0.4, 0.5) is 0 Å². The SMILES string of the molecule is Cc1nc2cc3c(cc2c(CN)c1C)OCCO3. The first-order valence-electron chi connectivity index (χ1n) is 6.10. The zero-order valence-corrected chi connectivity index (χ0v) is 10.6. The van der Waals surface area contributed by atoms with E-state index in [2.05, 4.69) is 11.9 Å². The van der Waals surface area contributed by atoms with Crippen molar-refractivity contribution in [3.05, 3.63) is 29.0 Å². The van der Waals surface area contributed by atoms with E-state index in [1.165, 1.54) is 0 Å². The molecule has 1 aliphatic rings. The largest absolute Gasteiger partial charge is 0.486 e. The molecule has 3 rings (SSSR count). The van der Waals surface area contributed by atoms with Gasteiger partial charge in [0.1, 0.15) is 13.2 Å². The minimum atomic E-state index is 0.505. The van der Waals surface area contributed by atoms with E-state index in [1.54, 1.807) is 0 Å². The molecule has 0 saturated heterocycles. The first kappa shape index (κ1) is 11.3. The molecule has 94 valence electrons. The van der Waals surface area contributed by atoms with Crippen molar-refractivity contribution in [1.82, 2.24) is 4.98 Å². The Morgan fingerprint density at radius 2 is 1.83 bits per heavy atom. The molecule has 0 radical (unpaired) electrons. The number of hydrogen-bond acceptors (Lipinski definition) is 4. The number of hydrogen-bond donors (Lipinski definition) is 1. The molecule has 1 aromatic heterocycles. The van der Waals surface area contributed by atoms with E-state index in [0.717, 1.165) is 39.2 Å². The summed E-state index contributed by atoms with van der Waals surface area (Å²) >= 11 is 0. The fourth-order valence-electron chi connectivity index (χ4n) is 2.36. The number of fused-ring (bicyclic) bond motifs is 2. The lowest BCUT2D eigenvalue weighted by Crippen LogP contribution is -2.15. The van der Waals surface area contributed by atoms with Gasteiger partial charge in [0, 0.05) is 23.7 Å². The number of nitrogens with zero attached hydrogens (tertiary/aromatic N) is 1. The Labute approximate surface area is 106 Å². The van der Waals surface area contributed by atoms with Crippen LogP contribution >= 0.6 is 0 Å². The molecule has 2 aromatic rings. The smallest absolute Gasteiger partial charge is 0.163 e. The van der Waals surface area contributed by atoms with Crippen LogP contribution in [-0.4, -0.2) is 18.2 Å².